The molecule has 1 aliphatic heterocycles. The van der Waals surface area contributed by atoms with Crippen molar-refractivity contribution >= 4 is 28.6 Å². The Kier molecular flexibility index (Phi) is 7.98. The van der Waals surface area contributed by atoms with Gasteiger partial charge in [-0.25, -0.2) is 19.2 Å². The minimum atomic E-state index is -0.603. The second-order valence-electron chi connectivity index (χ2n) is 11.4. The summed E-state index contributed by atoms with van der Waals surface area (Å²) in [5.74, 6) is 1.71. The molecule has 11 nitrogen and oxygen atoms in total. The normalized spacial score (nSPS) is 17.4. The van der Waals surface area contributed by atoms with E-state index in [0.29, 0.717) is 52.9 Å². The van der Waals surface area contributed by atoms with Crippen LogP contribution in [-0.2, 0) is 11.3 Å². The first-order valence-electron chi connectivity index (χ1n) is 13.9. The lowest BCUT2D eigenvalue weighted by molar-refractivity contribution is 0.00938. The van der Waals surface area contributed by atoms with E-state index in [4.69, 9.17) is 34.0 Å². The fourth-order valence-electron chi connectivity index (χ4n) is 5.13. The van der Waals surface area contributed by atoms with Crippen molar-refractivity contribution in [2.75, 3.05) is 33.2 Å². The summed E-state index contributed by atoms with van der Waals surface area (Å²) in [6.45, 7) is 8.34. The van der Waals surface area contributed by atoms with Crippen molar-refractivity contribution in [2.24, 2.45) is 0 Å². The van der Waals surface area contributed by atoms with E-state index in [9.17, 15) is 9.18 Å². The maximum atomic E-state index is 14.8. The second kappa shape index (κ2) is 11.5. The number of fused-ring (bicyclic) bond motifs is 3. The fourth-order valence-corrected chi connectivity index (χ4v) is 5.13. The molecular weight excluding hydrogens is 543 g/mol. The van der Waals surface area contributed by atoms with Crippen molar-refractivity contribution in [1.82, 2.24) is 24.5 Å². The lowest BCUT2D eigenvalue weighted by Gasteiger charge is -2.37. The summed E-state index contributed by atoms with van der Waals surface area (Å²) in [7, 11) is 4.61. The van der Waals surface area contributed by atoms with Gasteiger partial charge in [-0.05, 0) is 58.7 Å². The highest BCUT2D eigenvalue weighted by atomic mass is 19.1. The molecule has 0 radical (unpaired) electrons. The van der Waals surface area contributed by atoms with Gasteiger partial charge in [-0.15, -0.1) is 5.10 Å². The van der Waals surface area contributed by atoms with Crippen molar-refractivity contribution in [3.63, 3.8) is 0 Å². The topological polar surface area (TPSA) is 112 Å². The van der Waals surface area contributed by atoms with Crippen molar-refractivity contribution < 1.29 is 28.1 Å². The van der Waals surface area contributed by atoms with Crippen LogP contribution in [-0.4, -0.2) is 70.1 Å². The van der Waals surface area contributed by atoms with Crippen LogP contribution >= 0.6 is 0 Å². The van der Waals surface area contributed by atoms with E-state index in [0.717, 1.165) is 18.4 Å². The summed E-state index contributed by atoms with van der Waals surface area (Å²) in [5, 5.41) is 8.67. The lowest BCUT2D eigenvalue weighted by atomic mass is 9.93. The number of methoxy groups -OCH3 is 3. The summed E-state index contributed by atoms with van der Waals surface area (Å²) in [4.78, 5) is 24.4. The Balaban J connectivity index is 1.54. The molecule has 224 valence electrons. The number of nitrogens with one attached hydrogen (secondary N) is 1. The molecule has 12 heteroatoms. The molecule has 0 spiro atoms. The van der Waals surface area contributed by atoms with E-state index in [1.54, 1.807) is 29.7 Å². The van der Waals surface area contributed by atoms with Gasteiger partial charge in [0.05, 0.1) is 26.8 Å². The highest BCUT2D eigenvalue weighted by Gasteiger charge is 2.34. The predicted octanol–water partition coefficient (Wildman–Crippen LogP) is 5.56. The number of hydrogen-bond acceptors (Lipinski definition) is 9. The molecule has 2 atom stereocenters. The van der Waals surface area contributed by atoms with Crippen LogP contribution in [0.1, 0.15) is 57.8 Å². The Labute approximate surface area is 243 Å². The van der Waals surface area contributed by atoms with Crippen LogP contribution < -0.4 is 19.5 Å². The van der Waals surface area contributed by atoms with E-state index >= 15 is 0 Å². The largest absolute Gasteiger partial charge is 0.497 e. The fraction of sp³-hybridized carbons (Fsp3) is 0.467. The van der Waals surface area contributed by atoms with Gasteiger partial charge in [-0.1, -0.05) is 0 Å². The average molecular weight is 581 g/mol. The quantitative estimate of drug-likeness (QED) is 0.300. The Morgan fingerprint density at radius 1 is 1.05 bits per heavy atom. The van der Waals surface area contributed by atoms with Gasteiger partial charge in [0.1, 0.15) is 17.1 Å². The van der Waals surface area contributed by atoms with Gasteiger partial charge >= 0.3 is 6.09 Å². The van der Waals surface area contributed by atoms with Crippen molar-refractivity contribution in [3.8, 4) is 17.2 Å². The van der Waals surface area contributed by atoms with Gasteiger partial charge in [-0.2, -0.15) is 4.52 Å². The molecule has 1 fully saturated rings. The van der Waals surface area contributed by atoms with Gasteiger partial charge in [-0.3, -0.25) is 0 Å². The van der Waals surface area contributed by atoms with E-state index in [-0.39, 0.29) is 23.8 Å². The number of piperidine rings is 1. The molecule has 3 heterocycles. The average Bonchev–Trinajstić information content (AvgIpc) is 3.41. The van der Waals surface area contributed by atoms with Gasteiger partial charge in [0, 0.05) is 48.1 Å². The highest BCUT2D eigenvalue weighted by molar-refractivity contribution is 5.93. The summed E-state index contributed by atoms with van der Waals surface area (Å²) in [6, 6.07) is 8.50. The Morgan fingerprint density at radius 3 is 2.50 bits per heavy atom. The number of carbonyl (C=O) groups excluding carboxylic acids is 1. The number of ether oxygens (including phenoxy) is 4. The Bertz CT molecular complexity index is 1620. The van der Waals surface area contributed by atoms with Gasteiger partial charge in [0.15, 0.2) is 23.0 Å². The molecule has 2 unspecified atom stereocenters. The zero-order valence-electron chi connectivity index (χ0n) is 25.0. The second-order valence-corrected chi connectivity index (χ2v) is 11.4. The van der Waals surface area contributed by atoms with Gasteiger partial charge in [0.2, 0.25) is 5.95 Å². The van der Waals surface area contributed by atoms with Crippen LogP contribution in [0, 0.1) is 5.82 Å². The summed E-state index contributed by atoms with van der Waals surface area (Å²) in [6.07, 6.45) is 1.20. The minimum Gasteiger partial charge on any atom is -0.497 e. The third-order valence-corrected chi connectivity index (χ3v) is 7.37. The molecule has 1 amide bonds. The Hall–Kier alpha value is -4.35. The van der Waals surface area contributed by atoms with Crippen LogP contribution in [0.2, 0.25) is 0 Å². The molecular formula is C30H37FN6O5. The van der Waals surface area contributed by atoms with Crippen LogP contribution in [0.15, 0.2) is 30.3 Å². The molecule has 1 N–H and O–H groups in total. The molecule has 0 bridgehead atoms. The van der Waals surface area contributed by atoms with E-state index in [1.165, 1.54) is 13.2 Å². The molecule has 5 rings (SSSR count). The third-order valence-electron chi connectivity index (χ3n) is 7.37. The number of likely N-dealkylation sites (tertiary alicyclic amines) is 1. The van der Waals surface area contributed by atoms with Gasteiger partial charge < -0.3 is 29.2 Å². The van der Waals surface area contributed by atoms with Crippen molar-refractivity contribution in [2.45, 2.75) is 64.6 Å². The number of hydrogen-bond donors (Lipinski definition) is 1. The SMILES string of the molecule is COc1ccc(CNc2nc3cc(OC)c(F)cc3c3nc(C4CCC(C)N(C(=O)OC(C)(C)C)C4)nn23)c(OC)c1. The molecule has 1 saturated heterocycles. The number of aromatic nitrogens is 4. The maximum absolute atomic E-state index is 14.8. The van der Waals surface area contributed by atoms with Crippen LogP contribution in [0.25, 0.3) is 16.6 Å². The van der Waals surface area contributed by atoms with E-state index in [1.807, 2.05) is 45.9 Å². The number of carbonyl (C=O) groups is 1. The molecule has 0 aliphatic carbocycles. The zero-order chi connectivity index (χ0) is 30.2. The number of nitrogens with zero attached hydrogens (tertiary/aromatic N) is 5. The first-order chi connectivity index (χ1) is 20.0. The molecule has 2 aromatic carbocycles. The van der Waals surface area contributed by atoms with E-state index < -0.39 is 11.4 Å². The lowest BCUT2D eigenvalue weighted by Crippen LogP contribution is -2.47. The first kappa shape index (κ1) is 29.2. The van der Waals surface area contributed by atoms with Crippen LogP contribution in [0.4, 0.5) is 15.1 Å². The monoisotopic (exact) mass is 580 g/mol. The number of halogens is 1. The van der Waals surface area contributed by atoms with Crippen LogP contribution in [0.5, 0.6) is 17.2 Å². The molecule has 42 heavy (non-hydrogen) atoms. The molecule has 0 saturated carbocycles. The Morgan fingerprint density at radius 2 is 1.81 bits per heavy atom. The molecule has 2 aromatic heterocycles. The maximum Gasteiger partial charge on any atom is 0.410 e. The zero-order valence-corrected chi connectivity index (χ0v) is 25.0. The molecule has 1 aliphatic rings. The smallest absolute Gasteiger partial charge is 0.410 e. The standard InChI is InChI=1S/C30H37FN6O5/c1-17-8-9-19(16-36(17)29(38)42-30(2,3)4)26-34-27-21-13-22(31)25(41-7)14-23(21)33-28(37(27)35-26)32-15-18-10-11-20(39-5)12-24(18)40-6/h10-14,17,19H,8-9,15-16H2,1-7H3,(H,32,33). The third kappa shape index (κ3) is 5.83. The van der Waals surface area contributed by atoms with E-state index in [2.05, 4.69) is 5.32 Å². The highest BCUT2D eigenvalue weighted by Crippen LogP contribution is 2.33. The van der Waals surface area contributed by atoms with Crippen molar-refractivity contribution in [1.29, 1.82) is 0 Å². The number of anilines is 1. The number of benzene rings is 2. The number of amides is 1. The molecule has 4 aromatic rings. The first-order valence-corrected chi connectivity index (χ1v) is 13.9. The summed E-state index contributed by atoms with van der Waals surface area (Å²) in [5.41, 5.74) is 1.22. The van der Waals surface area contributed by atoms with Crippen LogP contribution in [0.3, 0.4) is 0 Å². The summed E-state index contributed by atoms with van der Waals surface area (Å²) < 4.78 is 38.2. The minimum absolute atomic E-state index is 0.0221. The summed E-state index contributed by atoms with van der Waals surface area (Å²) >= 11 is 0. The van der Waals surface area contributed by atoms with Gasteiger partial charge in [0.25, 0.3) is 0 Å². The predicted molar refractivity (Wildman–Crippen MR) is 156 cm³/mol. The van der Waals surface area contributed by atoms with Crippen molar-refractivity contribution in [3.05, 3.63) is 47.5 Å². The number of rotatable bonds is 7.